The highest BCUT2D eigenvalue weighted by Gasteiger charge is 2.33. The Balaban J connectivity index is 1.67. The molecule has 1 aliphatic carbocycles. The molecule has 0 aromatic heterocycles. The molecule has 1 aliphatic heterocycles. The molecule has 2 fully saturated rings. The fraction of sp³-hybridized carbons (Fsp3) is 1.00. The first-order valence-corrected chi connectivity index (χ1v) is 7.38. The fourth-order valence-electron chi connectivity index (χ4n) is 3.23. The number of aliphatic hydroxyl groups excluding tert-OH is 1. The largest absolute Gasteiger partial charge is 0.396 e. The first-order valence-electron chi connectivity index (χ1n) is 7.38. The van der Waals surface area contributed by atoms with Crippen LogP contribution in [0.4, 0.5) is 0 Å². The monoisotopic (exact) mass is 241 g/mol. The zero-order valence-electron chi connectivity index (χ0n) is 10.9. The van der Waals surface area contributed by atoms with Crippen LogP contribution in [0.3, 0.4) is 0 Å². The maximum absolute atomic E-state index is 8.74. The van der Waals surface area contributed by atoms with Gasteiger partial charge in [0.1, 0.15) is 0 Å². The molecule has 2 aliphatic rings. The van der Waals surface area contributed by atoms with Crippen molar-refractivity contribution in [2.24, 2.45) is 0 Å². The second-order valence-electron chi connectivity index (χ2n) is 5.43. The number of ether oxygens (including phenoxy) is 1. The van der Waals surface area contributed by atoms with Crippen LogP contribution in [0.1, 0.15) is 51.4 Å². The molecule has 0 bridgehead atoms. The third-order valence-corrected chi connectivity index (χ3v) is 4.20. The van der Waals surface area contributed by atoms with Crippen molar-refractivity contribution in [1.82, 2.24) is 4.90 Å². The Bertz CT molecular complexity index is 208. The van der Waals surface area contributed by atoms with Crippen molar-refractivity contribution in [3.8, 4) is 0 Å². The van der Waals surface area contributed by atoms with E-state index in [4.69, 9.17) is 9.84 Å². The van der Waals surface area contributed by atoms with E-state index in [0.29, 0.717) is 18.8 Å². The van der Waals surface area contributed by atoms with E-state index in [1.165, 1.54) is 51.5 Å². The highest BCUT2D eigenvalue weighted by atomic mass is 16.5. The van der Waals surface area contributed by atoms with Crippen molar-refractivity contribution < 1.29 is 9.84 Å². The predicted molar refractivity (Wildman–Crippen MR) is 69.1 cm³/mol. The van der Waals surface area contributed by atoms with Crippen molar-refractivity contribution in [2.75, 3.05) is 26.3 Å². The van der Waals surface area contributed by atoms with E-state index in [2.05, 4.69) is 4.90 Å². The van der Waals surface area contributed by atoms with Crippen LogP contribution in [-0.4, -0.2) is 48.5 Å². The maximum Gasteiger partial charge on any atom is 0.0730 e. The summed E-state index contributed by atoms with van der Waals surface area (Å²) in [5.41, 5.74) is 0. The molecular weight excluding hydrogens is 214 g/mol. The molecule has 1 heterocycles. The molecule has 1 saturated carbocycles. The fourth-order valence-corrected chi connectivity index (χ4v) is 3.23. The van der Waals surface area contributed by atoms with Gasteiger partial charge in [-0.1, -0.05) is 25.7 Å². The van der Waals surface area contributed by atoms with Crippen molar-refractivity contribution in [2.45, 2.75) is 63.5 Å². The zero-order chi connectivity index (χ0) is 11.9. The van der Waals surface area contributed by atoms with Gasteiger partial charge in [0.15, 0.2) is 0 Å². The second-order valence-corrected chi connectivity index (χ2v) is 5.43. The van der Waals surface area contributed by atoms with Crippen LogP contribution in [0.15, 0.2) is 0 Å². The number of rotatable bonds is 6. The Kier molecular flexibility index (Phi) is 5.75. The number of fused-ring (bicyclic) bond motifs is 1. The van der Waals surface area contributed by atoms with Crippen LogP contribution in [0.25, 0.3) is 0 Å². The molecule has 0 amide bonds. The minimum Gasteiger partial charge on any atom is -0.396 e. The quantitative estimate of drug-likeness (QED) is 0.724. The Labute approximate surface area is 105 Å². The van der Waals surface area contributed by atoms with Crippen molar-refractivity contribution in [3.63, 3.8) is 0 Å². The summed E-state index contributed by atoms with van der Waals surface area (Å²) >= 11 is 0. The lowest BCUT2D eigenvalue weighted by atomic mass is 9.90. The molecule has 2 unspecified atom stereocenters. The summed E-state index contributed by atoms with van der Waals surface area (Å²) in [5, 5.41) is 8.74. The van der Waals surface area contributed by atoms with Gasteiger partial charge in [0.2, 0.25) is 0 Å². The van der Waals surface area contributed by atoms with Crippen LogP contribution < -0.4 is 0 Å². The number of morpholine rings is 1. The summed E-state index contributed by atoms with van der Waals surface area (Å²) < 4.78 is 5.88. The topological polar surface area (TPSA) is 32.7 Å². The van der Waals surface area contributed by atoms with Gasteiger partial charge in [0.05, 0.1) is 12.7 Å². The Morgan fingerprint density at radius 3 is 2.76 bits per heavy atom. The van der Waals surface area contributed by atoms with Crippen LogP contribution >= 0.6 is 0 Å². The average molecular weight is 241 g/mol. The summed E-state index contributed by atoms with van der Waals surface area (Å²) in [6.45, 7) is 3.64. The van der Waals surface area contributed by atoms with E-state index in [1.54, 1.807) is 0 Å². The van der Waals surface area contributed by atoms with Crippen LogP contribution in [0.2, 0.25) is 0 Å². The van der Waals surface area contributed by atoms with Crippen molar-refractivity contribution >= 4 is 0 Å². The molecular formula is C14H27NO2. The van der Waals surface area contributed by atoms with E-state index in [9.17, 15) is 0 Å². The predicted octanol–water partition coefficient (Wildman–Crippen LogP) is 2.18. The lowest BCUT2D eigenvalue weighted by molar-refractivity contribution is -0.0882. The van der Waals surface area contributed by atoms with Gasteiger partial charge >= 0.3 is 0 Å². The third kappa shape index (κ3) is 3.94. The van der Waals surface area contributed by atoms with Crippen molar-refractivity contribution in [1.29, 1.82) is 0 Å². The highest BCUT2D eigenvalue weighted by Crippen LogP contribution is 2.28. The molecule has 3 heteroatoms. The number of unbranched alkanes of at least 4 members (excludes halogenated alkanes) is 3. The minimum atomic E-state index is 0.349. The van der Waals surface area contributed by atoms with Gasteiger partial charge in [-0.25, -0.2) is 0 Å². The molecule has 0 spiro atoms. The van der Waals surface area contributed by atoms with Crippen molar-refractivity contribution in [3.05, 3.63) is 0 Å². The van der Waals surface area contributed by atoms with Gasteiger partial charge in [-0.15, -0.1) is 0 Å². The van der Waals surface area contributed by atoms with Gasteiger partial charge in [-0.3, -0.25) is 4.90 Å². The molecule has 3 nitrogen and oxygen atoms in total. The van der Waals surface area contributed by atoms with Crippen LogP contribution in [0, 0.1) is 0 Å². The molecule has 2 rings (SSSR count). The Hall–Kier alpha value is -0.120. The van der Waals surface area contributed by atoms with E-state index in [1.807, 2.05) is 0 Å². The third-order valence-electron chi connectivity index (χ3n) is 4.20. The summed E-state index contributed by atoms with van der Waals surface area (Å²) in [6, 6.07) is 0.704. The maximum atomic E-state index is 8.74. The SMILES string of the molecule is OCCCCCCN1CCOC2CCCCC21. The second kappa shape index (κ2) is 7.34. The molecule has 1 saturated heterocycles. The minimum absolute atomic E-state index is 0.349. The van der Waals surface area contributed by atoms with Crippen LogP contribution in [-0.2, 0) is 4.74 Å². The average Bonchev–Trinajstić information content (AvgIpc) is 2.39. The first kappa shape index (κ1) is 13.3. The van der Waals surface area contributed by atoms with Crippen LogP contribution in [0.5, 0.6) is 0 Å². The lowest BCUT2D eigenvalue weighted by Crippen LogP contribution is -2.52. The molecule has 0 aromatic rings. The summed E-state index contributed by atoms with van der Waals surface area (Å²) in [6.07, 6.45) is 10.5. The molecule has 0 aromatic carbocycles. The molecule has 100 valence electrons. The van der Waals surface area contributed by atoms with Gasteiger partial charge in [-0.2, -0.15) is 0 Å². The Morgan fingerprint density at radius 1 is 1.06 bits per heavy atom. The van der Waals surface area contributed by atoms with Gasteiger partial charge in [0, 0.05) is 19.2 Å². The summed E-state index contributed by atoms with van der Waals surface area (Å²) in [4.78, 5) is 2.66. The molecule has 17 heavy (non-hydrogen) atoms. The normalized spacial score (nSPS) is 30.2. The highest BCUT2D eigenvalue weighted by molar-refractivity contribution is 4.87. The van der Waals surface area contributed by atoms with Gasteiger partial charge in [-0.05, 0) is 32.2 Å². The summed E-state index contributed by atoms with van der Waals surface area (Å²) in [7, 11) is 0. The molecule has 1 N–H and O–H groups in total. The molecule has 2 atom stereocenters. The number of hydrogen-bond acceptors (Lipinski definition) is 3. The number of nitrogens with zero attached hydrogens (tertiary/aromatic N) is 1. The number of aliphatic hydroxyl groups is 1. The first-order chi connectivity index (χ1) is 8.42. The lowest BCUT2D eigenvalue weighted by Gasteiger charge is -2.43. The standard InChI is InChI=1S/C14H27NO2/c16-11-6-2-1-5-9-15-10-12-17-14-8-4-3-7-13(14)15/h13-14,16H,1-12H2. The van der Waals surface area contributed by atoms with E-state index in [0.717, 1.165) is 19.6 Å². The van der Waals surface area contributed by atoms with E-state index >= 15 is 0 Å². The zero-order valence-corrected chi connectivity index (χ0v) is 10.9. The van der Waals surface area contributed by atoms with E-state index in [-0.39, 0.29) is 0 Å². The number of hydrogen-bond donors (Lipinski definition) is 1. The Morgan fingerprint density at radius 2 is 1.88 bits per heavy atom. The molecule has 0 radical (unpaired) electrons. The summed E-state index contributed by atoms with van der Waals surface area (Å²) in [5.74, 6) is 0. The smallest absolute Gasteiger partial charge is 0.0730 e. The van der Waals surface area contributed by atoms with Gasteiger partial charge in [0.25, 0.3) is 0 Å². The van der Waals surface area contributed by atoms with E-state index < -0.39 is 0 Å². The van der Waals surface area contributed by atoms with Gasteiger partial charge < -0.3 is 9.84 Å².